The fraction of sp³-hybridized carbons (Fsp3) is 0.492. The van der Waals surface area contributed by atoms with Crippen molar-refractivity contribution in [1.82, 2.24) is 13.9 Å². The monoisotopic (exact) mass is 1530 g/mol. The van der Waals surface area contributed by atoms with Gasteiger partial charge in [-0.05, 0) is 0 Å². The van der Waals surface area contributed by atoms with E-state index in [9.17, 15) is 64.9 Å². The van der Waals surface area contributed by atoms with E-state index in [4.69, 9.17) is 34.7 Å². The van der Waals surface area contributed by atoms with E-state index in [1.807, 2.05) is 97.1 Å². The van der Waals surface area contributed by atoms with Crippen LogP contribution in [0, 0.1) is 0 Å². The number of amidine groups is 4. The molecule has 29 nitrogen and oxygen atoms in total. The summed E-state index contributed by atoms with van der Waals surface area (Å²) < 4.78 is 180. The number of amides is 1. The molecule has 101 heavy (non-hydrogen) atoms. The summed E-state index contributed by atoms with van der Waals surface area (Å²) in [5.74, 6) is 0.125. The van der Waals surface area contributed by atoms with Gasteiger partial charge in [0, 0.05) is 0 Å². The van der Waals surface area contributed by atoms with Crippen LogP contribution in [0.4, 0.5) is 11.6 Å². The maximum atomic E-state index is 12.5. The second kappa shape index (κ2) is 27.3. The number of carbonyl (C=O) groups excluding carboxylic acids is 1. The number of quaternary nitrogens is 2. The van der Waals surface area contributed by atoms with Crippen LogP contribution in [0.25, 0.3) is 21.5 Å². The molecule has 1 spiro atoms. The normalized spacial score (nSPS) is 18.1. The molecule has 548 valence electrons. The fourth-order valence-electron chi connectivity index (χ4n) is 16.9. The number of nitrogens with one attached hydrogen (secondary N) is 1. The Morgan fingerprint density at radius 3 is 1.23 bits per heavy atom. The molecule has 1 atom stereocenters. The Labute approximate surface area is 589 Å². The summed E-state index contributed by atoms with van der Waals surface area (Å²) in [6.45, 7) is 13.9. The Morgan fingerprint density at radius 1 is 0.475 bits per heavy atom. The van der Waals surface area contributed by atoms with Crippen molar-refractivity contribution in [2.24, 2.45) is 20.0 Å². The minimum Gasteiger partial charge on any atom is -0.289 e. The van der Waals surface area contributed by atoms with E-state index >= 15 is 0 Å². The number of fused-ring (bicyclic) bond motifs is 12. The number of rotatable bonds is 40. The molecule has 0 bridgehead atoms. The van der Waals surface area contributed by atoms with Crippen LogP contribution in [0.1, 0.15) is 87.0 Å². The molecule has 0 aliphatic carbocycles. The van der Waals surface area contributed by atoms with Gasteiger partial charge >= 0.3 is 559 Å². The summed E-state index contributed by atoms with van der Waals surface area (Å²) >= 11 is 0. The van der Waals surface area contributed by atoms with Crippen molar-refractivity contribution in [3.8, 4) is 0 Å². The number of hydroxylamine groups is 1. The first kappa shape index (κ1) is 74.4. The molecule has 4 aromatic carbocycles. The Balaban J connectivity index is 1.08. The number of benzene rings is 4. The predicted octanol–water partition coefficient (Wildman–Crippen LogP) is 6.02. The van der Waals surface area contributed by atoms with Crippen LogP contribution in [-0.2, 0) is 63.0 Å². The molecule has 1 unspecified atom stereocenters. The van der Waals surface area contributed by atoms with E-state index in [2.05, 4.69) is 50.1 Å². The molecule has 2 aromatic heterocycles. The van der Waals surface area contributed by atoms with Crippen molar-refractivity contribution in [2.75, 3.05) is 102 Å². The topological polar surface area (TPSA) is 369 Å². The number of hydrogen-bond donors (Lipinski definition) is 6. The standard InChI is InChI=1S/C65H89N11O18S4Si3/c1-6-7-31-76(35-19-46-98(88,89)90,38-40-92-42-41-91-39-30-57(77)70-78)37-21-48-100(4,5)94-101(93-99(2,3)47-20-36-75(32-16-43-95(79,80)81,33-17-44-96(82,83)84)34-18-45-97(85,86)87)71-58-49-22-8-9-23-50(49)59(71)67-61-53-26-12-13-27-54(53)63(73(61)101)69-65-56-29-15-14-28-55(56)64(74(65)101)68-62-52-25-11-10-24-51(52)60(66-58)72(62)101/h8-15,22-29H,6-7,16-21,30-48H2,1-5H3,(H4-2,66,67,68,69,70,77,78,79,80,81,82,83,84,85,86,87,88,89,90)/p+2. The first-order valence-corrected chi connectivity index (χ1v) is 49.7. The number of nitrogens with zero attached hydrogens (tertiary/aromatic N) is 10. The summed E-state index contributed by atoms with van der Waals surface area (Å²) in [5.41, 5.74) is 5.65. The number of unbranched alkanes of at least 4 members (excludes halogenated alkanes) is 1. The summed E-state index contributed by atoms with van der Waals surface area (Å²) in [6, 6.07) is 32.8. The van der Waals surface area contributed by atoms with Crippen LogP contribution in [0.2, 0.25) is 38.3 Å². The quantitative estimate of drug-likeness (QED) is 0.00639. The average Bonchev–Trinajstić information content (AvgIpc) is 1.48. The van der Waals surface area contributed by atoms with Gasteiger partial charge in [-0.1, -0.05) is 0 Å². The van der Waals surface area contributed by atoms with Crippen LogP contribution in [0.3, 0.4) is 0 Å². The van der Waals surface area contributed by atoms with Gasteiger partial charge in [0.25, 0.3) is 0 Å². The SMILES string of the molecule is CCCC[N+](CCC[Si](C)(C)O[Si-2]123(O[Si](C)(C)CCC[N+](CCCS(=O)(=O)O)(CCCS(=O)(=O)O)CCCS(=O)(=O)O)n4c5c6ccccc6c4N=C4c6ccccc6C(=[N+]41)N=c1c4ccccc4c(n12)=NC1=[N+]3C(=N5)c2ccccc21)(CCCS(=O)(=O)O)CCOCCOCCC(=O)NO. The summed E-state index contributed by atoms with van der Waals surface area (Å²) in [5, 5.41) is 12.0. The smallest absolute Gasteiger partial charge is 0.289 e. The van der Waals surface area contributed by atoms with E-state index in [1.165, 1.54) is 0 Å². The fourth-order valence-corrected chi connectivity index (χ4v) is 41.1. The van der Waals surface area contributed by atoms with Gasteiger partial charge in [-0.2, -0.15) is 0 Å². The zero-order valence-corrected chi connectivity index (χ0v) is 63.7. The third-order valence-corrected chi connectivity index (χ3v) is 40.6. The molecule has 6 aliphatic rings. The molecule has 36 heteroatoms. The average molecular weight is 1530 g/mol. The number of hydrogen-bond acceptors (Lipinski definition) is 18. The minimum absolute atomic E-state index is 0.0377. The van der Waals surface area contributed by atoms with Crippen molar-refractivity contribution < 1.29 is 97.0 Å². The molecule has 12 rings (SSSR count). The molecule has 6 aromatic rings. The number of aromatic nitrogens is 2. The van der Waals surface area contributed by atoms with Crippen LogP contribution >= 0.6 is 0 Å². The minimum atomic E-state index is -7.38. The molecule has 0 fully saturated rings. The second-order valence-corrected chi connectivity index (χ2v) is 49.4. The maximum absolute atomic E-state index is 12.5. The number of ether oxygens (including phenoxy) is 2. The van der Waals surface area contributed by atoms with E-state index in [1.54, 1.807) is 5.48 Å². The Bertz CT molecular complexity index is 4840. The predicted molar refractivity (Wildman–Crippen MR) is 387 cm³/mol. The molecule has 6 N–H and O–H groups in total. The molecule has 0 saturated heterocycles. The van der Waals surface area contributed by atoms with Gasteiger partial charge in [0.05, 0.1) is 13.0 Å². The van der Waals surface area contributed by atoms with E-state index in [-0.39, 0.29) is 89.2 Å². The van der Waals surface area contributed by atoms with Gasteiger partial charge < -0.3 is 0 Å². The first-order chi connectivity index (χ1) is 47.7. The van der Waals surface area contributed by atoms with Crippen LogP contribution in [0.15, 0.2) is 117 Å². The number of aliphatic imine (C=N–C) groups is 2. The van der Waals surface area contributed by atoms with Crippen molar-refractivity contribution >= 4 is 127 Å². The summed E-state index contributed by atoms with van der Waals surface area (Å²) in [4.78, 5) is 35.0. The third-order valence-electron chi connectivity index (χ3n) is 20.7. The first-order valence-electron chi connectivity index (χ1n) is 34.4. The van der Waals surface area contributed by atoms with Gasteiger partial charge in [0.15, 0.2) is 0 Å². The van der Waals surface area contributed by atoms with Crippen LogP contribution in [0.5, 0.6) is 0 Å². The molecular weight excluding hydrogens is 1440 g/mol. The summed E-state index contributed by atoms with van der Waals surface area (Å²) in [7, 11) is -32.6. The van der Waals surface area contributed by atoms with Crippen LogP contribution < -0.4 is 16.5 Å². The van der Waals surface area contributed by atoms with Crippen LogP contribution in [-0.4, -0.2) is 238 Å². The van der Waals surface area contributed by atoms with E-state index in [0.29, 0.717) is 102 Å². The Kier molecular flexibility index (Phi) is 20.1. The van der Waals surface area contributed by atoms with E-state index in [0.717, 1.165) is 56.6 Å². The van der Waals surface area contributed by atoms with Crippen molar-refractivity contribution in [3.05, 3.63) is 130 Å². The molecule has 0 radical (unpaired) electrons. The van der Waals surface area contributed by atoms with Gasteiger partial charge in [0.1, 0.15) is 0 Å². The molecule has 6 aliphatic heterocycles. The van der Waals surface area contributed by atoms with Gasteiger partial charge in [-0.3, -0.25) is 10.0 Å². The van der Waals surface area contributed by atoms with Crippen molar-refractivity contribution in [3.63, 3.8) is 0 Å². The number of carbonyl (C=O) groups is 1. The zero-order chi connectivity index (χ0) is 72.3. The van der Waals surface area contributed by atoms with Gasteiger partial charge in [-0.15, -0.1) is 0 Å². The van der Waals surface area contributed by atoms with Crippen molar-refractivity contribution in [1.29, 1.82) is 0 Å². The van der Waals surface area contributed by atoms with Crippen molar-refractivity contribution in [2.45, 2.75) is 103 Å². The second-order valence-electron chi connectivity index (χ2n) is 28.8. The van der Waals surface area contributed by atoms with Gasteiger partial charge in [-0.25, -0.2) is 5.48 Å². The zero-order valence-electron chi connectivity index (χ0n) is 57.5. The molecular formula is C65H91N11O18S4Si3+2. The van der Waals surface area contributed by atoms with Gasteiger partial charge in [0.2, 0.25) is 5.91 Å². The molecule has 8 heterocycles. The third kappa shape index (κ3) is 13.6. The molecule has 1 amide bonds. The summed E-state index contributed by atoms with van der Waals surface area (Å²) in [6.07, 6.45) is 2.33. The Morgan fingerprint density at radius 2 is 0.832 bits per heavy atom. The Hall–Kier alpha value is -6.28. The molecule has 0 saturated carbocycles. The van der Waals surface area contributed by atoms with E-state index < -0.39 is 93.8 Å².